The first-order valence-corrected chi connectivity index (χ1v) is 10.0. The van der Waals surface area contributed by atoms with Crippen molar-refractivity contribution in [3.8, 4) is 0 Å². The number of hydrogen-bond donors (Lipinski definition) is 2. The van der Waals surface area contributed by atoms with Crippen LogP contribution in [0.15, 0.2) is 41.3 Å². The van der Waals surface area contributed by atoms with Gasteiger partial charge in [-0.1, -0.05) is 23.7 Å². The van der Waals surface area contributed by atoms with Crippen LogP contribution in [0.5, 0.6) is 0 Å². The van der Waals surface area contributed by atoms with Crippen LogP contribution < -0.4 is 10.0 Å². The zero-order valence-corrected chi connectivity index (χ0v) is 15.0. The van der Waals surface area contributed by atoms with Crippen molar-refractivity contribution in [3.63, 3.8) is 0 Å². The van der Waals surface area contributed by atoms with Crippen LogP contribution in [0.4, 0.5) is 0 Å². The summed E-state index contributed by atoms with van der Waals surface area (Å²) in [6, 6.07) is 10.5. The van der Waals surface area contributed by atoms with Gasteiger partial charge >= 0.3 is 0 Å². The van der Waals surface area contributed by atoms with Crippen LogP contribution >= 0.6 is 11.6 Å². The first-order chi connectivity index (χ1) is 11.9. The average Bonchev–Trinajstić information content (AvgIpc) is 2.96. The lowest BCUT2D eigenvalue weighted by molar-refractivity contribution is 0.0936. The predicted octanol–water partition coefficient (Wildman–Crippen LogP) is 2.59. The van der Waals surface area contributed by atoms with E-state index in [-0.39, 0.29) is 16.8 Å². The fourth-order valence-electron chi connectivity index (χ4n) is 3.53. The second kappa shape index (κ2) is 6.12. The third-order valence-corrected chi connectivity index (χ3v) is 6.57. The summed E-state index contributed by atoms with van der Waals surface area (Å²) in [7, 11) is -3.52. The van der Waals surface area contributed by atoms with Gasteiger partial charge in [0, 0.05) is 17.1 Å². The fraction of sp³-hybridized carbons (Fsp3) is 0.278. The number of hydrogen-bond acceptors (Lipinski definition) is 3. The van der Waals surface area contributed by atoms with Gasteiger partial charge in [-0.25, -0.2) is 13.1 Å². The van der Waals surface area contributed by atoms with E-state index in [2.05, 4.69) is 10.0 Å². The van der Waals surface area contributed by atoms with Crippen molar-refractivity contribution in [3.05, 3.63) is 63.7 Å². The number of amides is 1. The van der Waals surface area contributed by atoms with Crippen molar-refractivity contribution in [2.75, 3.05) is 6.54 Å². The third kappa shape index (κ3) is 3.05. The fourth-order valence-corrected chi connectivity index (χ4v) is 5.05. The van der Waals surface area contributed by atoms with Gasteiger partial charge < -0.3 is 5.32 Å². The molecule has 0 unspecified atom stereocenters. The Kier molecular flexibility index (Phi) is 4.06. The zero-order valence-electron chi connectivity index (χ0n) is 13.4. The maximum Gasteiger partial charge on any atom is 0.251 e. The van der Waals surface area contributed by atoms with Gasteiger partial charge in [-0.05, 0) is 60.2 Å². The molecular formula is C18H17ClN2O3S. The molecule has 0 saturated carbocycles. The normalized spacial score (nSPS) is 20.6. The highest BCUT2D eigenvalue weighted by atomic mass is 35.5. The van der Waals surface area contributed by atoms with Gasteiger partial charge in [0.15, 0.2) is 0 Å². The third-order valence-electron chi connectivity index (χ3n) is 4.79. The maximum absolute atomic E-state index is 12.6. The van der Waals surface area contributed by atoms with Gasteiger partial charge in [-0.15, -0.1) is 0 Å². The standard InChI is InChI=1S/C18H17ClN2O3S/c19-14-4-5-15-12(9-14)3-6-16(15)21-18(22)13-2-1-11-7-8-20-25(23,24)17(11)10-13/h1-2,4-5,9-10,16,20H,3,6-8H2,(H,21,22)/t16-/m1/s1. The summed E-state index contributed by atoms with van der Waals surface area (Å²) < 4.78 is 26.8. The lowest BCUT2D eigenvalue weighted by atomic mass is 10.1. The van der Waals surface area contributed by atoms with Crippen LogP contribution in [-0.4, -0.2) is 20.9 Å². The minimum Gasteiger partial charge on any atom is -0.345 e. The van der Waals surface area contributed by atoms with Crippen LogP contribution in [0.2, 0.25) is 5.02 Å². The summed E-state index contributed by atoms with van der Waals surface area (Å²) in [4.78, 5) is 12.8. The predicted molar refractivity (Wildman–Crippen MR) is 95.3 cm³/mol. The van der Waals surface area contributed by atoms with E-state index >= 15 is 0 Å². The molecule has 1 amide bonds. The average molecular weight is 377 g/mol. The van der Waals surface area contributed by atoms with Crippen molar-refractivity contribution in [1.82, 2.24) is 10.0 Å². The highest BCUT2D eigenvalue weighted by Crippen LogP contribution is 2.33. The molecule has 5 nitrogen and oxygen atoms in total. The largest absolute Gasteiger partial charge is 0.345 e. The summed E-state index contributed by atoms with van der Waals surface area (Å²) in [5.74, 6) is -0.267. The molecule has 0 bridgehead atoms. The number of rotatable bonds is 2. The minimum atomic E-state index is -3.52. The Morgan fingerprint density at radius 2 is 1.96 bits per heavy atom. The number of carbonyl (C=O) groups excluding carboxylic acids is 1. The molecule has 1 heterocycles. The van der Waals surface area contributed by atoms with Crippen molar-refractivity contribution < 1.29 is 13.2 Å². The molecule has 1 atom stereocenters. The van der Waals surface area contributed by atoms with Gasteiger partial charge in [0.25, 0.3) is 5.91 Å². The molecule has 0 aromatic heterocycles. The van der Waals surface area contributed by atoms with Crippen LogP contribution in [0.3, 0.4) is 0 Å². The minimum absolute atomic E-state index is 0.0782. The van der Waals surface area contributed by atoms with Crippen LogP contribution in [0.25, 0.3) is 0 Å². The molecule has 0 spiro atoms. The molecule has 0 fully saturated rings. The van der Waals surface area contributed by atoms with Crippen LogP contribution in [0, 0.1) is 0 Å². The number of nitrogens with one attached hydrogen (secondary N) is 2. The first-order valence-electron chi connectivity index (χ1n) is 8.16. The zero-order chi connectivity index (χ0) is 17.6. The lowest BCUT2D eigenvalue weighted by Crippen LogP contribution is -2.32. The van der Waals surface area contributed by atoms with E-state index < -0.39 is 10.0 Å². The molecule has 2 aromatic rings. The summed E-state index contributed by atoms with van der Waals surface area (Å²) in [6.07, 6.45) is 2.31. The lowest BCUT2D eigenvalue weighted by Gasteiger charge is -2.19. The molecule has 0 radical (unpaired) electrons. The van der Waals surface area contributed by atoms with Crippen LogP contribution in [-0.2, 0) is 22.9 Å². The van der Waals surface area contributed by atoms with Crippen molar-refractivity contribution >= 4 is 27.5 Å². The van der Waals surface area contributed by atoms with E-state index in [1.165, 1.54) is 6.07 Å². The summed E-state index contributed by atoms with van der Waals surface area (Å²) >= 11 is 6.02. The molecule has 7 heteroatoms. The Balaban J connectivity index is 1.59. The number of sulfonamides is 1. The topological polar surface area (TPSA) is 75.3 Å². The Labute approximate surface area is 151 Å². The van der Waals surface area contributed by atoms with Gasteiger partial charge in [-0.3, -0.25) is 4.79 Å². The van der Waals surface area contributed by atoms with Crippen molar-refractivity contribution in [2.45, 2.75) is 30.2 Å². The number of fused-ring (bicyclic) bond motifs is 2. The van der Waals surface area contributed by atoms with E-state index in [9.17, 15) is 13.2 Å². The molecule has 2 aromatic carbocycles. The number of halogens is 1. The van der Waals surface area contributed by atoms with Gasteiger partial charge in [-0.2, -0.15) is 0 Å². The Bertz CT molecular complexity index is 972. The Morgan fingerprint density at radius 1 is 1.12 bits per heavy atom. The molecule has 130 valence electrons. The SMILES string of the molecule is O=C(N[C@@H]1CCc2cc(Cl)ccc21)c1ccc2c(c1)S(=O)(=O)NCC2. The molecule has 2 N–H and O–H groups in total. The van der Waals surface area contributed by atoms with E-state index in [4.69, 9.17) is 11.6 Å². The first kappa shape index (κ1) is 16.6. The second-order valence-electron chi connectivity index (χ2n) is 6.38. The summed E-state index contributed by atoms with van der Waals surface area (Å²) in [6.45, 7) is 0.391. The maximum atomic E-state index is 12.6. The number of benzene rings is 2. The Morgan fingerprint density at radius 3 is 2.80 bits per heavy atom. The molecule has 1 aliphatic carbocycles. The molecule has 25 heavy (non-hydrogen) atoms. The molecule has 4 rings (SSSR count). The van der Waals surface area contributed by atoms with E-state index in [0.29, 0.717) is 23.6 Å². The monoisotopic (exact) mass is 376 g/mol. The number of carbonyl (C=O) groups is 1. The van der Waals surface area contributed by atoms with E-state index in [1.54, 1.807) is 12.1 Å². The molecular weight excluding hydrogens is 360 g/mol. The van der Waals surface area contributed by atoms with E-state index in [1.807, 2.05) is 18.2 Å². The van der Waals surface area contributed by atoms with Crippen molar-refractivity contribution in [1.29, 1.82) is 0 Å². The smallest absolute Gasteiger partial charge is 0.251 e. The van der Waals surface area contributed by atoms with Gasteiger partial charge in [0.2, 0.25) is 10.0 Å². The van der Waals surface area contributed by atoms with Gasteiger partial charge in [0.05, 0.1) is 10.9 Å². The molecule has 1 aliphatic heterocycles. The Hall–Kier alpha value is -1.89. The van der Waals surface area contributed by atoms with Crippen molar-refractivity contribution in [2.24, 2.45) is 0 Å². The highest BCUT2D eigenvalue weighted by molar-refractivity contribution is 7.89. The summed E-state index contributed by atoms with van der Waals surface area (Å²) in [5.41, 5.74) is 3.32. The number of aryl methyl sites for hydroxylation is 1. The quantitative estimate of drug-likeness (QED) is 0.845. The van der Waals surface area contributed by atoms with Gasteiger partial charge in [0.1, 0.15) is 0 Å². The second-order valence-corrected chi connectivity index (χ2v) is 8.55. The molecule has 2 aliphatic rings. The van der Waals surface area contributed by atoms with E-state index in [0.717, 1.165) is 29.5 Å². The molecule has 0 saturated heterocycles. The highest BCUT2D eigenvalue weighted by Gasteiger charge is 2.27. The van der Waals surface area contributed by atoms with Crippen LogP contribution in [0.1, 0.15) is 39.5 Å². The summed E-state index contributed by atoms with van der Waals surface area (Å²) in [5, 5.41) is 3.70.